The van der Waals surface area contributed by atoms with E-state index in [4.69, 9.17) is 4.74 Å². The minimum Gasteiger partial charge on any atom is -0.375 e. The summed E-state index contributed by atoms with van der Waals surface area (Å²) in [5.74, 6) is 0. The van der Waals surface area contributed by atoms with Gasteiger partial charge in [-0.25, -0.2) is 0 Å². The Hall–Kier alpha value is -1.35. The van der Waals surface area contributed by atoms with Gasteiger partial charge >= 0.3 is 0 Å². The number of anilines is 1. The van der Waals surface area contributed by atoms with Gasteiger partial charge in [0, 0.05) is 17.8 Å². The van der Waals surface area contributed by atoms with E-state index in [1.165, 1.54) is 5.69 Å². The van der Waals surface area contributed by atoms with Crippen molar-refractivity contribution in [2.24, 2.45) is 0 Å². The Balaban J connectivity index is 2.27. The van der Waals surface area contributed by atoms with Gasteiger partial charge < -0.3 is 9.64 Å². The lowest BCUT2D eigenvalue weighted by Crippen LogP contribution is -2.48. The molecule has 1 saturated heterocycles. The molecule has 2 unspecified atom stereocenters. The van der Waals surface area contributed by atoms with Crippen molar-refractivity contribution < 1.29 is 9.53 Å². The van der Waals surface area contributed by atoms with Gasteiger partial charge in [0.25, 0.3) is 0 Å². The Morgan fingerprint density at radius 3 is 2.89 bits per heavy atom. The summed E-state index contributed by atoms with van der Waals surface area (Å²) in [5, 5.41) is 0. The van der Waals surface area contributed by atoms with Crippen LogP contribution in [0.15, 0.2) is 18.2 Å². The molecule has 0 bridgehead atoms. The number of morpholine rings is 1. The summed E-state index contributed by atoms with van der Waals surface area (Å²) in [7, 11) is 0. The minimum absolute atomic E-state index is 0.263. The maximum Gasteiger partial charge on any atom is 0.150 e. The average Bonchev–Trinajstić information content (AvgIpc) is 2.38. The Labute approximate surface area is 109 Å². The standard InChI is InChI=1S/C15H21NO2/c1-4-14-10-18-12(3)8-16(14)15-6-5-13(9-17)11(2)7-15/h5-7,9,12,14H,4,8,10H2,1-3H3. The zero-order valence-corrected chi connectivity index (χ0v) is 11.3. The molecule has 1 fully saturated rings. The second-order valence-corrected chi connectivity index (χ2v) is 5.02. The lowest BCUT2D eigenvalue weighted by atomic mass is 10.1. The van der Waals surface area contributed by atoms with E-state index in [-0.39, 0.29) is 6.10 Å². The zero-order valence-electron chi connectivity index (χ0n) is 11.3. The zero-order chi connectivity index (χ0) is 13.1. The number of aryl methyl sites for hydroxylation is 1. The minimum atomic E-state index is 0.263. The Morgan fingerprint density at radius 2 is 2.28 bits per heavy atom. The van der Waals surface area contributed by atoms with Crippen molar-refractivity contribution in [2.75, 3.05) is 18.1 Å². The summed E-state index contributed by atoms with van der Waals surface area (Å²) in [5.41, 5.74) is 3.00. The Morgan fingerprint density at radius 1 is 1.50 bits per heavy atom. The van der Waals surface area contributed by atoms with Crippen LogP contribution in [0.25, 0.3) is 0 Å². The number of ether oxygens (including phenoxy) is 1. The molecule has 1 aliphatic heterocycles. The molecule has 1 aliphatic rings. The molecule has 0 aromatic heterocycles. The van der Waals surface area contributed by atoms with Crippen molar-refractivity contribution in [3.8, 4) is 0 Å². The molecule has 3 nitrogen and oxygen atoms in total. The SMILES string of the molecule is CCC1COC(C)CN1c1ccc(C=O)c(C)c1. The summed E-state index contributed by atoms with van der Waals surface area (Å²) in [6.45, 7) is 7.97. The third-order valence-corrected chi connectivity index (χ3v) is 3.65. The van der Waals surface area contributed by atoms with Crippen molar-refractivity contribution in [3.05, 3.63) is 29.3 Å². The quantitative estimate of drug-likeness (QED) is 0.769. The molecule has 3 heteroatoms. The third kappa shape index (κ3) is 2.56. The van der Waals surface area contributed by atoms with Crippen molar-refractivity contribution >= 4 is 12.0 Å². The fourth-order valence-electron chi connectivity index (χ4n) is 2.47. The molecule has 1 aromatic rings. The first kappa shape index (κ1) is 13.1. The van der Waals surface area contributed by atoms with Gasteiger partial charge in [-0.1, -0.05) is 6.92 Å². The van der Waals surface area contributed by atoms with Crippen molar-refractivity contribution in [1.82, 2.24) is 0 Å². The number of rotatable bonds is 3. The van der Waals surface area contributed by atoms with Gasteiger partial charge in [-0.2, -0.15) is 0 Å². The summed E-state index contributed by atoms with van der Waals surface area (Å²) < 4.78 is 5.71. The summed E-state index contributed by atoms with van der Waals surface area (Å²) in [6, 6.07) is 6.48. The number of aldehydes is 1. The van der Waals surface area contributed by atoms with Crippen LogP contribution in [0.2, 0.25) is 0 Å². The lowest BCUT2D eigenvalue weighted by Gasteiger charge is -2.40. The van der Waals surface area contributed by atoms with Crippen LogP contribution in [0.3, 0.4) is 0 Å². The van der Waals surface area contributed by atoms with Gasteiger partial charge in [-0.05, 0) is 44.0 Å². The molecule has 98 valence electrons. The molecular formula is C15H21NO2. The molecule has 2 rings (SSSR count). The van der Waals surface area contributed by atoms with Crippen LogP contribution in [0.1, 0.15) is 36.2 Å². The highest BCUT2D eigenvalue weighted by Crippen LogP contribution is 2.25. The Bertz CT molecular complexity index is 431. The van der Waals surface area contributed by atoms with Crippen LogP contribution < -0.4 is 4.90 Å². The number of carbonyl (C=O) groups is 1. The second kappa shape index (κ2) is 5.53. The highest BCUT2D eigenvalue weighted by Gasteiger charge is 2.25. The maximum absolute atomic E-state index is 10.9. The second-order valence-electron chi connectivity index (χ2n) is 5.02. The van der Waals surface area contributed by atoms with Gasteiger partial charge in [-0.15, -0.1) is 0 Å². The number of benzene rings is 1. The van der Waals surface area contributed by atoms with Crippen LogP contribution in [-0.2, 0) is 4.74 Å². The largest absolute Gasteiger partial charge is 0.375 e. The van der Waals surface area contributed by atoms with Crippen molar-refractivity contribution in [2.45, 2.75) is 39.3 Å². The van der Waals surface area contributed by atoms with Gasteiger partial charge in [0.2, 0.25) is 0 Å². The molecule has 1 heterocycles. The molecule has 0 spiro atoms. The topological polar surface area (TPSA) is 29.5 Å². The molecule has 1 aromatic carbocycles. The van der Waals surface area contributed by atoms with Gasteiger partial charge in [0.1, 0.15) is 6.29 Å². The van der Waals surface area contributed by atoms with E-state index in [1.807, 2.05) is 19.1 Å². The van der Waals surface area contributed by atoms with E-state index < -0.39 is 0 Å². The van der Waals surface area contributed by atoms with Gasteiger partial charge in [0.05, 0.1) is 18.8 Å². The molecule has 0 radical (unpaired) electrons. The molecule has 0 aliphatic carbocycles. The fourth-order valence-corrected chi connectivity index (χ4v) is 2.47. The normalized spacial score (nSPS) is 24.1. The maximum atomic E-state index is 10.9. The molecule has 0 amide bonds. The Kier molecular flexibility index (Phi) is 4.02. The van der Waals surface area contributed by atoms with E-state index in [9.17, 15) is 4.79 Å². The van der Waals surface area contributed by atoms with E-state index in [0.717, 1.165) is 37.0 Å². The van der Waals surface area contributed by atoms with Crippen molar-refractivity contribution in [1.29, 1.82) is 0 Å². The highest BCUT2D eigenvalue weighted by atomic mass is 16.5. The van der Waals surface area contributed by atoms with Crippen LogP contribution >= 0.6 is 0 Å². The van der Waals surface area contributed by atoms with Gasteiger partial charge in [0.15, 0.2) is 0 Å². The monoisotopic (exact) mass is 247 g/mol. The summed E-state index contributed by atoms with van der Waals surface area (Å²) >= 11 is 0. The first-order valence-electron chi connectivity index (χ1n) is 6.59. The predicted molar refractivity (Wildman–Crippen MR) is 73.4 cm³/mol. The number of carbonyl (C=O) groups excluding carboxylic acids is 1. The number of hydrogen-bond donors (Lipinski definition) is 0. The van der Waals surface area contributed by atoms with E-state index in [0.29, 0.717) is 6.04 Å². The smallest absolute Gasteiger partial charge is 0.150 e. The molecule has 0 N–H and O–H groups in total. The van der Waals surface area contributed by atoms with E-state index in [2.05, 4.69) is 24.8 Å². The summed E-state index contributed by atoms with van der Waals surface area (Å²) in [6.07, 6.45) is 2.25. The molecule has 0 saturated carbocycles. The first-order valence-corrected chi connectivity index (χ1v) is 6.59. The molecular weight excluding hydrogens is 226 g/mol. The van der Waals surface area contributed by atoms with Crippen molar-refractivity contribution in [3.63, 3.8) is 0 Å². The molecule has 18 heavy (non-hydrogen) atoms. The predicted octanol–water partition coefficient (Wildman–Crippen LogP) is 2.81. The fraction of sp³-hybridized carbons (Fsp3) is 0.533. The van der Waals surface area contributed by atoms with Crippen LogP contribution in [0.5, 0.6) is 0 Å². The summed E-state index contributed by atoms with van der Waals surface area (Å²) in [4.78, 5) is 13.3. The highest BCUT2D eigenvalue weighted by molar-refractivity contribution is 5.78. The number of nitrogens with zero attached hydrogens (tertiary/aromatic N) is 1. The molecule has 2 atom stereocenters. The van der Waals surface area contributed by atoms with Crippen LogP contribution in [-0.4, -0.2) is 31.6 Å². The third-order valence-electron chi connectivity index (χ3n) is 3.65. The first-order chi connectivity index (χ1) is 8.65. The lowest BCUT2D eigenvalue weighted by molar-refractivity contribution is 0.0299. The average molecular weight is 247 g/mol. The van der Waals surface area contributed by atoms with Crippen LogP contribution in [0.4, 0.5) is 5.69 Å². The number of hydrogen-bond acceptors (Lipinski definition) is 3. The van der Waals surface area contributed by atoms with E-state index in [1.54, 1.807) is 0 Å². The van der Waals surface area contributed by atoms with E-state index >= 15 is 0 Å². The van der Waals surface area contributed by atoms with Gasteiger partial charge in [-0.3, -0.25) is 4.79 Å². The van der Waals surface area contributed by atoms with Crippen LogP contribution in [0, 0.1) is 6.92 Å².